The number of aliphatic carboxylic acids is 1. The summed E-state index contributed by atoms with van der Waals surface area (Å²) >= 11 is 0. The molecular formula is C23H27NO2. The normalized spacial score (nSPS) is 11.6. The first kappa shape index (κ1) is 19.5. The Kier molecular flexibility index (Phi) is 5.71. The van der Waals surface area contributed by atoms with Crippen LogP contribution in [-0.2, 0) is 10.2 Å². The van der Waals surface area contributed by atoms with Crippen LogP contribution in [-0.4, -0.2) is 11.1 Å². The molecule has 0 bridgehead atoms. The van der Waals surface area contributed by atoms with E-state index in [0.717, 1.165) is 34.2 Å². The van der Waals surface area contributed by atoms with Crippen molar-refractivity contribution in [2.75, 3.05) is 5.32 Å². The zero-order chi connectivity index (χ0) is 19.5. The van der Waals surface area contributed by atoms with Gasteiger partial charge >= 0.3 is 5.97 Å². The Morgan fingerprint density at radius 3 is 2.35 bits per heavy atom. The number of hydrogen-bond acceptors (Lipinski definition) is 2. The van der Waals surface area contributed by atoms with Crippen LogP contribution < -0.4 is 5.32 Å². The number of anilines is 1. The molecule has 0 amide bonds. The molecule has 0 saturated carbocycles. The van der Waals surface area contributed by atoms with Gasteiger partial charge in [-0.05, 0) is 65.8 Å². The van der Waals surface area contributed by atoms with Gasteiger partial charge < -0.3 is 10.4 Å². The fraction of sp³-hybridized carbons (Fsp3) is 0.261. The summed E-state index contributed by atoms with van der Waals surface area (Å²) < 4.78 is 0. The summed E-state index contributed by atoms with van der Waals surface area (Å²) in [6.45, 7) is 14.9. The molecule has 0 heterocycles. The number of carboxylic acid groups (broad SMARTS) is 1. The van der Waals surface area contributed by atoms with Crippen molar-refractivity contribution >= 4 is 23.4 Å². The fourth-order valence-electron chi connectivity index (χ4n) is 2.74. The molecule has 26 heavy (non-hydrogen) atoms. The SMILES string of the molecule is C=C(Nc1ccc(/C=C/C(=O)O)cc1C)c1cc(C(C)(C)C)ccc1C. The lowest BCUT2D eigenvalue weighted by molar-refractivity contribution is -0.131. The average Bonchev–Trinajstić information content (AvgIpc) is 2.54. The molecule has 3 heteroatoms. The molecule has 2 aromatic rings. The maximum Gasteiger partial charge on any atom is 0.328 e. The lowest BCUT2D eigenvalue weighted by Gasteiger charge is -2.22. The maximum atomic E-state index is 10.6. The number of aryl methyl sites for hydroxylation is 2. The Morgan fingerprint density at radius 1 is 1.08 bits per heavy atom. The summed E-state index contributed by atoms with van der Waals surface area (Å²) in [5.74, 6) is -0.951. The molecule has 0 aliphatic heterocycles. The predicted molar refractivity (Wildman–Crippen MR) is 110 cm³/mol. The molecule has 0 unspecified atom stereocenters. The van der Waals surface area contributed by atoms with E-state index in [1.54, 1.807) is 6.08 Å². The van der Waals surface area contributed by atoms with Gasteiger partial charge in [0, 0.05) is 23.0 Å². The Bertz CT molecular complexity index is 870. The smallest absolute Gasteiger partial charge is 0.328 e. The van der Waals surface area contributed by atoms with Crippen LogP contribution in [0.2, 0.25) is 0 Å². The highest BCUT2D eigenvalue weighted by Gasteiger charge is 2.15. The minimum Gasteiger partial charge on any atom is -0.478 e. The molecule has 0 aliphatic carbocycles. The van der Waals surface area contributed by atoms with Gasteiger partial charge in [0.1, 0.15) is 0 Å². The van der Waals surface area contributed by atoms with Crippen LogP contribution in [0.4, 0.5) is 5.69 Å². The van der Waals surface area contributed by atoms with E-state index in [1.165, 1.54) is 11.1 Å². The molecule has 2 aromatic carbocycles. The highest BCUT2D eigenvalue weighted by molar-refractivity contribution is 5.85. The first-order chi connectivity index (χ1) is 12.1. The van der Waals surface area contributed by atoms with Crippen molar-refractivity contribution in [2.24, 2.45) is 0 Å². The highest BCUT2D eigenvalue weighted by Crippen LogP contribution is 2.29. The summed E-state index contributed by atoms with van der Waals surface area (Å²) in [5, 5.41) is 12.1. The van der Waals surface area contributed by atoms with Crippen LogP contribution in [0, 0.1) is 13.8 Å². The minimum absolute atomic E-state index is 0.0801. The van der Waals surface area contributed by atoms with Gasteiger partial charge in [0.05, 0.1) is 0 Å². The quantitative estimate of drug-likeness (QED) is 0.673. The van der Waals surface area contributed by atoms with Crippen LogP contribution in [0.15, 0.2) is 49.1 Å². The van der Waals surface area contributed by atoms with Crippen molar-refractivity contribution in [2.45, 2.75) is 40.0 Å². The molecule has 136 valence electrons. The fourth-order valence-corrected chi connectivity index (χ4v) is 2.74. The number of hydrogen-bond donors (Lipinski definition) is 2. The largest absolute Gasteiger partial charge is 0.478 e. The molecule has 2 rings (SSSR count). The lowest BCUT2D eigenvalue weighted by Crippen LogP contribution is -2.12. The van der Waals surface area contributed by atoms with E-state index in [0.29, 0.717) is 0 Å². The zero-order valence-corrected chi connectivity index (χ0v) is 16.2. The van der Waals surface area contributed by atoms with Crippen LogP contribution in [0.25, 0.3) is 11.8 Å². The molecule has 2 N–H and O–H groups in total. The number of benzene rings is 2. The Hall–Kier alpha value is -2.81. The lowest BCUT2D eigenvalue weighted by atomic mass is 9.85. The summed E-state index contributed by atoms with van der Waals surface area (Å²) in [7, 11) is 0. The van der Waals surface area contributed by atoms with E-state index in [9.17, 15) is 4.79 Å². The van der Waals surface area contributed by atoms with E-state index < -0.39 is 5.97 Å². The van der Waals surface area contributed by atoms with Crippen molar-refractivity contribution in [3.05, 3.63) is 76.9 Å². The summed E-state index contributed by atoms with van der Waals surface area (Å²) in [6, 6.07) is 12.3. The summed E-state index contributed by atoms with van der Waals surface area (Å²) in [4.78, 5) is 10.6. The van der Waals surface area contributed by atoms with Crippen LogP contribution >= 0.6 is 0 Å². The molecule has 0 aliphatic rings. The molecule has 0 spiro atoms. The van der Waals surface area contributed by atoms with Gasteiger partial charge in [-0.2, -0.15) is 0 Å². The molecular weight excluding hydrogens is 322 g/mol. The van der Waals surface area contributed by atoms with Gasteiger partial charge in [0.2, 0.25) is 0 Å². The minimum atomic E-state index is -0.951. The van der Waals surface area contributed by atoms with Crippen LogP contribution in [0.1, 0.15) is 48.6 Å². The highest BCUT2D eigenvalue weighted by atomic mass is 16.4. The van der Waals surface area contributed by atoms with Gasteiger partial charge in [-0.25, -0.2) is 4.79 Å². The van der Waals surface area contributed by atoms with Crippen molar-refractivity contribution in [3.63, 3.8) is 0 Å². The topological polar surface area (TPSA) is 49.3 Å². The Labute approximate surface area is 156 Å². The second kappa shape index (κ2) is 7.61. The number of rotatable bonds is 5. The van der Waals surface area contributed by atoms with E-state index in [4.69, 9.17) is 5.11 Å². The molecule has 0 fully saturated rings. The average molecular weight is 349 g/mol. The molecule has 0 saturated heterocycles. The number of carboxylic acids is 1. The predicted octanol–water partition coefficient (Wildman–Crippen LogP) is 5.78. The third kappa shape index (κ3) is 4.85. The first-order valence-electron chi connectivity index (χ1n) is 8.67. The summed E-state index contributed by atoms with van der Waals surface area (Å²) in [5.41, 5.74) is 7.33. The van der Waals surface area contributed by atoms with E-state index in [-0.39, 0.29) is 5.41 Å². The van der Waals surface area contributed by atoms with Crippen molar-refractivity contribution < 1.29 is 9.90 Å². The van der Waals surface area contributed by atoms with Gasteiger partial charge in [-0.1, -0.05) is 45.5 Å². The van der Waals surface area contributed by atoms with E-state index in [1.807, 2.05) is 25.1 Å². The van der Waals surface area contributed by atoms with E-state index >= 15 is 0 Å². The van der Waals surface area contributed by atoms with Gasteiger partial charge in [0.25, 0.3) is 0 Å². The molecule has 0 aromatic heterocycles. The van der Waals surface area contributed by atoms with Crippen molar-refractivity contribution in [3.8, 4) is 0 Å². The third-order valence-corrected chi connectivity index (χ3v) is 4.38. The zero-order valence-electron chi connectivity index (χ0n) is 16.2. The second-order valence-electron chi connectivity index (χ2n) is 7.63. The van der Waals surface area contributed by atoms with Crippen LogP contribution in [0.3, 0.4) is 0 Å². The number of carbonyl (C=O) groups is 1. The second-order valence-corrected chi connectivity index (χ2v) is 7.63. The molecule has 0 radical (unpaired) electrons. The Morgan fingerprint density at radius 2 is 1.77 bits per heavy atom. The monoisotopic (exact) mass is 349 g/mol. The van der Waals surface area contributed by atoms with Gasteiger partial charge in [-0.15, -0.1) is 0 Å². The van der Waals surface area contributed by atoms with Gasteiger partial charge in [0.15, 0.2) is 0 Å². The third-order valence-electron chi connectivity index (χ3n) is 4.38. The van der Waals surface area contributed by atoms with Crippen LogP contribution in [0.5, 0.6) is 0 Å². The first-order valence-corrected chi connectivity index (χ1v) is 8.67. The number of nitrogens with one attached hydrogen (secondary N) is 1. The summed E-state index contributed by atoms with van der Waals surface area (Å²) in [6.07, 6.45) is 2.73. The van der Waals surface area contributed by atoms with Crippen molar-refractivity contribution in [1.82, 2.24) is 0 Å². The maximum absolute atomic E-state index is 10.6. The molecule has 3 nitrogen and oxygen atoms in total. The van der Waals surface area contributed by atoms with E-state index in [2.05, 4.69) is 57.8 Å². The molecule has 0 atom stereocenters. The Balaban J connectivity index is 2.26. The standard InChI is InChI=1S/C23H27NO2/c1-15-7-10-19(23(4,5)6)14-20(15)17(3)24-21-11-8-18(13-16(21)2)9-12-22(25)26/h7-14,24H,3H2,1-2,4-6H3,(H,25,26)/b12-9+. The van der Waals surface area contributed by atoms with Crippen molar-refractivity contribution in [1.29, 1.82) is 0 Å². The van der Waals surface area contributed by atoms with Gasteiger partial charge in [-0.3, -0.25) is 0 Å².